The molecule has 0 fully saturated rings. The van der Waals surface area contributed by atoms with Crippen molar-refractivity contribution >= 4 is 17.5 Å². The highest BCUT2D eigenvalue weighted by molar-refractivity contribution is 5.91. The van der Waals surface area contributed by atoms with Crippen LogP contribution in [0.3, 0.4) is 0 Å². The van der Waals surface area contributed by atoms with E-state index in [1.54, 1.807) is 31.4 Å². The third-order valence-electron chi connectivity index (χ3n) is 4.67. The standard InChI is InChI=1S/C22H29N3O3/c1-4-25(16-22(27)24-19-10-12-20(28-3)13-11-19)15-21(26)23-14-17(2)18-8-6-5-7-9-18/h5-13,17H,4,14-16H2,1-3H3,(H,23,26)(H,24,27)/p+1/t17-/m1/s1. The summed E-state index contributed by atoms with van der Waals surface area (Å²) in [5.74, 6) is 0.818. The zero-order valence-corrected chi connectivity index (χ0v) is 16.8. The first kappa shape index (κ1) is 21.4. The summed E-state index contributed by atoms with van der Waals surface area (Å²) in [6.45, 7) is 5.84. The lowest BCUT2D eigenvalue weighted by Crippen LogP contribution is -3.14. The van der Waals surface area contributed by atoms with E-state index in [0.717, 1.165) is 10.6 Å². The van der Waals surface area contributed by atoms with Crippen LogP contribution in [0.4, 0.5) is 5.69 Å². The average molecular weight is 385 g/mol. The van der Waals surface area contributed by atoms with E-state index in [4.69, 9.17) is 4.74 Å². The molecule has 0 spiro atoms. The summed E-state index contributed by atoms with van der Waals surface area (Å²) in [6, 6.07) is 17.3. The van der Waals surface area contributed by atoms with Crippen molar-refractivity contribution in [1.29, 1.82) is 0 Å². The van der Waals surface area contributed by atoms with Crippen LogP contribution in [0.25, 0.3) is 0 Å². The minimum absolute atomic E-state index is 0.0446. The molecule has 2 rings (SSSR count). The number of quaternary nitrogens is 1. The van der Waals surface area contributed by atoms with Crippen LogP contribution in [-0.2, 0) is 9.59 Å². The van der Waals surface area contributed by atoms with E-state index in [9.17, 15) is 9.59 Å². The van der Waals surface area contributed by atoms with Gasteiger partial charge >= 0.3 is 0 Å². The van der Waals surface area contributed by atoms with Crippen molar-refractivity contribution in [3.8, 4) is 5.75 Å². The molecule has 2 aromatic rings. The Morgan fingerprint density at radius 1 is 1.00 bits per heavy atom. The maximum Gasteiger partial charge on any atom is 0.279 e. The Balaban J connectivity index is 1.77. The topological polar surface area (TPSA) is 71.9 Å². The fourth-order valence-electron chi connectivity index (χ4n) is 2.88. The van der Waals surface area contributed by atoms with E-state index < -0.39 is 0 Å². The van der Waals surface area contributed by atoms with Crippen LogP contribution in [0.2, 0.25) is 0 Å². The minimum atomic E-state index is -0.118. The van der Waals surface area contributed by atoms with Gasteiger partial charge in [0.25, 0.3) is 11.8 Å². The fourth-order valence-corrected chi connectivity index (χ4v) is 2.88. The molecule has 28 heavy (non-hydrogen) atoms. The second-order valence-corrected chi connectivity index (χ2v) is 6.85. The number of rotatable bonds is 10. The SMILES string of the molecule is CC[NH+](CC(=O)NC[C@@H](C)c1ccccc1)CC(=O)Nc1ccc(OC)cc1. The highest BCUT2D eigenvalue weighted by Crippen LogP contribution is 2.14. The van der Waals surface area contributed by atoms with Crippen molar-refractivity contribution in [2.75, 3.05) is 38.6 Å². The van der Waals surface area contributed by atoms with Gasteiger partial charge in [-0.2, -0.15) is 0 Å². The summed E-state index contributed by atoms with van der Waals surface area (Å²) in [7, 11) is 1.60. The van der Waals surface area contributed by atoms with Gasteiger partial charge in [0, 0.05) is 12.2 Å². The molecule has 0 heterocycles. The molecule has 6 nitrogen and oxygen atoms in total. The fraction of sp³-hybridized carbons (Fsp3) is 0.364. The molecule has 0 aliphatic rings. The van der Waals surface area contributed by atoms with Crippen LogP contribution in [-0.4, -0.2) is 45.1 Å². The Morgan fingerprint density at radius 2 is 1.64 bits per heavy atom. The summed E-state index contributed by atoms with van der Waals surface area (Å²) in [6.07, 6.45) is 0. The van der Waals surface area contributed by atoms with Crippen molar-refractivity contribution in [1.82, 2.24) is 5.32 Å². The first-order valence-corrected chi connectivity index (χ1v) is 9.61. The second-order valence-electron chi connectivity index (χ2n) is 6.85. The zero-order valence-electron chi connectivity index (χ0n) is 16.8. The molecule has 2 atom stereocenters. The number of ether oxygens (including phenoxy) is 1. The van der Waals surface area contributed by atoms with Crippen LogP contribution in [0, 0.1) is 0 Å². The summed E-state index contributed by atoms with van der Waals surface area (Å²) < 4.78 is 5.11. The van der Waals surface area contributed by atoms with Crippen LogP contribution < -0.4 is 20.3 Å². The monoisotopic (exact) mass is 384 g/mol. The predicted molar refractivity (Wildman–Crippen MR) is 111 cm³/mol. The van der Waals surface area contributed by atoms with Crippen molar-refractivity contribution < 1.29 is 19.2 Å². The first-order valence-electron chi connectivity index (χ1n) is 9.61. The molecule has 1 unspecified atom stereocenters. The Morgan fingerprint density at radius 3 is 2.25 bits per heavy atom. The quantitative estimate of drug-likeness (QED) is 0.581. The average Bonchev–Trinajstić information content (AvgIpc) is 2.72. The third-order valence-corrected chi connectivity index (χ3v) is 4.67. The van der Waals surface area contributed by atoms with Gasteiger partial charge in [-0.25, -0.2) is 0 Å². The molecule has 0 saturated carbocycles. The van der Waals surface area contributed by atoms with Gasteiger partial charge in [0.05, 0.1) is 13.7 Å². The third kappa shape index (κ3) is 7.04. The molecule has 6 heteroatoms. The highest BCUT2D eigenvalue weighted by Gasteiger charge is 2.17. The lowest BCUT2D eigenvalue weighted by molar-refractivity contribution is -0.881. The maximum atomic E-state index is 12.3. The summed E-state index contributed by atoms with van der Waals surface area (Å²) in [4.78, 5) is 25.5. The molecular weight excluding hydrogens is 354 g/mol. The molecule has 0 aliphatic heterocycles. The van der Waals surface area contributed by atoms with E-state index in [1.807, 2.05) is 25.1 Å². The van der Waals surface area contributed by atoms with Crippen molar-refractivity contribution in [3.63, 3.8) is 0 Å². The normalized spacial score (nSPS) is 12.7. The van der Waals surface area contributed by atoms with Crippen molar-refractivity contribution in [2.45, 2.75) is 19.8 Å². The van der Waals surface area contributed by atoms with Gasteiger partial charge in [-0.05, 0) is 42.7 Å². The molecule has 0 aromatic heterocycles. The van der Waals surface area contributed by atoms with Crippen LogP contribution in [0.15, 0.2) is 54.6 Å². The van der Waals surface area contributed by atoms with Crippen LogP contribution in [0.5, 0.6) is 5.75 Å². The Kier molecular flexibility index (Phi) is 8.49. The number of benzene rings is 2. The number of nitrogens with one attached hydrogen (secondary N) is 3. The van der Waals surface area contributed by atoms with Gasteiger partial charge < -0.3 is 20.3 Å². The van der Waals surface area contributed by atoms with Gasteiger partial charge in [0.1, 0.15) is 5.75 Å². The largest absolute Gasteiger partial charge is 0.497 e. The number of likely N-dealkylation sites (N-methyl/N-ethyl adjacent to an activating group) is 1. The summed E-state index contributed by atoms with van der Waals surface area (Å²) in [5.41, 5.74) is 1.91. The molecule has 150 valence electrons. The van der Waals surface area contributed by atoms with Gasteiger partial charge in [-0.1, -0.05) is 37.3 Å². The van der Waals surface area contributed by atoms with Crippen molar-refractivity contribution in [3.05, 3.63) is 60.2 Å². The smallest absolute Gasteiger partial charge is 0.279 e. The van der Waals surface area contributed by atoms with Gasteiger partial charge in [-0.15, -0.1) is 0 Å². The molecule has 0 saturated heterocycles. The minimum Gasteiger partial charge on any atom is -0.497 e. The number of anilines is 1. The van der Waals surface area contributed by atoms with E-state index in [2.05, 4.69) is 29.7 Å². The molecule has 0 radical (unpaired) electrons. The Hall–Kier alpha value is -2.86. The van der Waals surface area contributed by atoms with E-state index in [1.165, 1.54) is 5.56 Å². The Labute approximate surface area is 166 Å². The number of carbonyl (C=O) groups excluding carboxylic acids is 2. The summed E-state index contributed by atoms with van der Waals surface area (Å²) in [5, 5.41) is 5.83. The zero-order chi connectivity index (χ0) is 20.4. The number of hydrogen-bond donors (Lipinski definition) is 3. The summed E-state index contributed by atoms with van der Waals surface area (Å²) >= 11 is 0. The van der Waals surface area contributed by atoms with Gasteiger partial charge in [-0.3, -0.25) is 9.59 Å². The van der Waals surface area contributed by atoms with Crippen molar-refractivity contribution in [2.24, 2.45) is 0 Å². The maximum absolute atomic E-state index is 12.3. The van der Waals surface area contributed by atoms with Crippen LogP contribution >= 0.6 is 0 Å². The van der Waals surface area contributed by atoms with E-state index >= 15 is 0 Å². The number of carbonyl (C=O) groups is 2. The lowest BCUT2D eigenvalue weighted by Gasteiger charge is -2.18. The van der Waals surface area contributed by atoms with Gasteiger partial charge in [0.15, 0.2) is 13.1 Å². The number of amides is 2. The molecule has 0 bridgehead atoms. The van der Waals surface area contributed by atoms with E-state index in [0.29, 0.717) is 18.8 Å². The predicted octanol–water partition coefficient (Wildman–Crippen LogP) is 1.46. The highest BCUT2D eigenvalue weighted by atomic mass is 16.5. The molecule has 2 amide bonds. The van der Waals surface area contributed by atoms with E-state index in [-0.39, 0.29) is 30.8 Å². The van der Waals surface area contributed by atoms with Gasteiger partial charge in [0.2, 0.25) is 0 Å². The number of methoxy groups -OCH3 is 1. The molecule has 0 aliphatic carbocycles. The van der Waals surface area contributed by atoms with Crippen LogP contribution in [0.1, 0.15) is 25.3 Å². The second kappa shape index (κ2) is 11.1. The first-order chi connectivity index (χ1) is 13.5. The lowest BCUT2D eigenvalue weighted by atomic mass is 10.0. The Bertz CT molecular complexity index is 747. The number of hydrogen-bond acceptors (Lipinski definition) is 3. The molecule has 3 N–H and O–H groups in total. The molecular formula is C22H30N3O3+. The molecule has 2 aromatic carbocycles.